The van der Waals surface area contributed by atoms with Gasteiger partial charge in [-0.15, -0.1) is 0 Å². The molecule has 0 unspecified atom stereocenters. The number of aromatic nitrogens is 2. The summed E-state index contributed by atoms with van der Waals surface area (Å²) in [5.74, 6) is -0.416. The lowest BCUT2D eigenvalue weighted by atomic mass is 10.1. The molecule has 7 nitrogen and oxygen atoms in total. The highest BCUT2D eigenvalue weighted by Crippen LogP contribution is 2.07. The number of rotatable bonds is 0. The van der Waals surface area contributed by atoms with Crippen molar-refractivity contribution in [1.82, 2.24) is 15.1 Å². The number of carbonyl (C=O) groups is 2. The Labute approximate surface area is 118 Å². The molecule has 8 heteroatoms. The summed E-state index contributed by atoms with van der Waals surface area (Å²) in [4.78, 5) is 26.7. The van der Waals surface area contributed by atoms with E-state index in [1.165, 1.54) is 12.5 Å². The quantitative estimate of drug-likeness (QED) is 0.435. The molecule has 1 heterocycles. The Morgan fingerprint density at radius 2 is 2.00 bits per heavy atom. The molecule has 1 rings (SSSR count). The maximum atomic E-state index is 11.8. The smallest absolute Gasteiger partial charge is 0.414 e. The summed E-state index contributed by atoms with van der Waals surface area (Å²) in [5, 5.41) is 6.62. The summed E-state index contributed by atoms with van der Waals surface area (Å²) in [6.07, 6.45) is -0.690. The molecule has 108 valence electrons. The predicted molar refractivity (Wildman–Crippen MR) is 77.8 cm³/mol. The van der Waals surface area contributed by atoms with Gasteiger partial charge < -0.3 is 4.74 Å². The predicted octanol–water partition coefficient (Wildman–Crippen LogP) is 0.982. The van der Waals surface area contributed by atoms with Gasteiger partial charge >= 0.3 is 6.09 Å². The maximum absolute atomic E-state index is 11.8. The number of nitrogens with zero attached hydrogens (tertiary/aromatic N) is 3. The Morgan fingerprint density at radius 3 is 2.40 bits per heavy atom. The van der Waals surface area contributed by atoms with Crippen molar-refractivity contribution in [1.29, 1.82) is 0 Å². The van der Waals surface area contributed by atoms with Gasteiger partial charge in [-0.05, 0) is 40.7 Å². The van der Waals surface area contributed by atoms with Gasteiger partial charge in [-0.3, -0.25) is 10.1 Å². The number of nitrogens with one attached hydrogen (secondary N) is 1. The number of hydrogen-bond donors (Lipinski definition) is 1. The zero-order valence-electron chi connectivity index (χ0n) is 12.6. The first-order valence-electron chi connectivity index (χ1n) is 6.21. The van der Waals surface area contributed by atoms with Crippen LogP contribution in [0.1, 0.15) is 32.2 Å². The Hall–Kier alpha value is -2.12. The van der Waals surface area contributed by atoms with E-state index >= 15 is 0 Å². The van der Waals surface area contributed by atoms with Gasteiger partial charge in [-0.2, -0.15) is 10.1 Å². The SMILES string of the molecule is BC(=O)N=C(NC(=O)OC(C)(C)C)n1nc(C)cc1C. The third-order valence-corrected chi connectivity index (χ3v) is 2.09. The lowest BCUT2D eigenvalue weighted by Crippen LogP contribution is -2.40. The van der Waals surface area contributed by atoms with Crippen molar-refractivity contribution in [3.63, 3.8) is 0 Å². The molecule has 0 saturated carbocycles. The first-order chi connectivity index (χ1) is 9.08. The van der Waals surface area contributed by atoms with Crippen LogP contribution in [0.2, 0.25) is 0 Å². The summed E-state index contributed by atoms with van der Waals surface area (Å²) >= 11 is 0. The highest BCUT2D eigenvalue weighted by atomic mass is 16.6. The zero-order chi connectivity index (χ0) is 15.5. The number of hydrogen-bond acceptors (Lipinski definition) is 4. The monoisotopic (exact) mass is 278 g/mol. The van der Waals surface area contributed by atoms with Gasteiger partial charge in [0.2, 0.25) is 13.8 Å². The van der Waals surface area contributed by atoms with Crippen LogP contribution in [0.5, 0.6) is 0 Å². The highest BCUT2D eigenvalue weighted by Gasteiger charge is 2.19. The topological polar surface area (TPSA) is 85.6 Å². The largest absolute Gasteiger partial charge is 0.444 e. The van der Waals surface area contributed by atoms with Gasteiger partial charge in [-0.1, -0.05) is 0 Å². The first kappa shape index (κ1) is 15.9. The average molecular weight is 278 g/mol. The van der Waals surface area contributed by atoms with Crippen LogP contribution in [0.3, 0.4) is 0 Å². The Kier molecular flexibility index (Phi) is 4.70. The average Bonchev–Trinajstić information content (AvgIpc) is 2.53. The minimum Gasteiger partial charge on any atom is -0.444 e. The molecule has 0 spiro atoms. The molecule has 0 bridgehead atoms. The minimum absolute atomic E-state index is 0.0253. The molecule has 0 atom stereocenters. The van der Waals surface area contributed by atoms with Gasteiger partial charge in [-0.25, -0.2) is 9.48 Å². The molecule has 2 amide bonds. The molecule has 1 N–H and O–H groups in total. The van der Waals surface area contributed by atoms with E-state index in [-0.39, 0.29) is 5.96 Å². The van der Waals surface area contributed by atoms with Crippen LogP contribution in [0.25, 0.3) is 0 Å². The minimum atomic E-state index is -0.690. The van der Waals surface area contributed by atoms with Crippen molar-refractivity contribution < 1.29 is 14.3 Å². The van der Waals surface area contributed by atoms with E-state index in [0.717, 1.165) is 11.4 Å². The molecule has 1 aromatic heterocycles. The van der Waals surface area contributed by atoms with Gasteiger partial charge in [0.15, 0.2) is 5.81 Å². The number of aliphatic imine (C=N–C) groups is 1. The molecule has 1 aromatic rings. The van der Waals surface area contributed by atoms with E-state index in [2.05, 4.69) is 15.4 Å². The van der Waals surface area contributed by atoms with Gasteiger partial charge in [0, 0.05) is 5.69 Å². The van der Waals surface area contributed by atoms with Crippen LogP contribution in [0.4, 0.5) is 9.59 Å². The van der Waals surface area contributed by atoms with Crippen LogP contribution in [-0.4, -0.2) is 41.1 Å². The Balaban J connectivity index is 3.01. The molecule has 0 fully saturated rings. The van der Waals surface area contributed by atoms with Crippen LogP contribution in [0.15, 0.2) is 11.1 Å². The fraction of sp³-hybridized carbons (Fsp3) is 0.500. The summed E-state index contributed by atoms with van der Waals surface area (Å²) in [6, 6.07) is 1.81. The van der Waals surface area contributed by atoms with Crippen molar-refractivity contribution in [2.75, 3.05) is 0 Å². The van der Waals surface area contributed by atoms with Crippen LogP contribution in [0, 0.1) is 13.8 Å². The fourth-order valence-corrected chi connectivity index (χ4v) is 1.52. The summed E-state index contributed by atoms with van der Waals surface area (Å²) < 4.78 is 6.52. The van der Waals surface area contributed by atoms with E-state index in [1.807, 2.05) is 13.0 Å². The van der Waals surface area contributed by atoms with E-state index in [9.17, 15) is 9.59 Å². The third kappa shape index (κ3) is 4.87. The van der Waals surface area contributed by atoms with Crippen molar-refractivity contribution in [2.45, 2.75) is 40.2 Å². The number of alkyl carbamates (subject to hydrolysis) is 1. The molecular formula is C12H19BN4O3. The van der Waals surface area contributed by atoms with Crippen LogP contribution >= 0.6 is 0 Å². The summed E-state index contributed by atoms with van der Waals surface area (Å²) in [7, 11) is 1.29. The van der Waals surface area contributed by atoms with E-state index in [0.29, 0.717) is 0 Å². The van der Waals surface area contributed by atoms with Gasteiger partial charge in [0.1, 0.15) is 5.60 Å². The molecule has 0 aliphatic heterocycles. The van der Waals surface area contributed by atoms with Crippen molar-refractivity contribution in [3.05, 3.63) is 17.5 Å². The van der Waals surface area contributed by atoms with Gasteiger partial charge in [0.25, 0.3) is 0 Å². The molecular weight excluding hydrogens is 259 g/mol. The summed E-state index contributed by atoms with van der Waals surface area (Å²) in [6.45, 7) is 8.85. The Bertz CT molecular complexity index is 558. The standard InChI is InChI=1S/C12H19BN4O3/c1-7-6-8(2)17(16-7)10(14-9(13)18)15-11(19)20-12(3,4)5/h6H,13H2,1-5H3,(H,14,15,18,19). The van der Waals surface area contributed by atoms with E-state index < -0.39 is 17.5 Å². The second kappa shape index (κ2) is 5.89. The van der Waals surface area contributed by atoms with Gasteiger partial charge in [0.05, 0.1) is 5.69 Å². The molecule has 0 aromatic carbocycles. The third-order valence-electron chi connectivity index (χ3n) is 2.09. The number of carbonyl (C=O) groups excluding carboxylic acids is 2. The number of ether oxygens (including phenoxy) is 1. The second-order valence-electron chi connectivity index (χ2n) is 5.42. The Morgan fingerprint density at radius 1 is 1.40 bits per heavy atom. The lowest BCUT2D eigenvalue weighted by molar-refractivity contribution is 0.0561. The van der Waals surface area contributed by atoms with E-state index in [4.69, 9.17) is 4.74 Å². The van der Waals surface area contributed by atoms with Crippen molar-refractivity contribution in [3.8, 4) is 0 Å². The molecule has 0 saturated heterocycles. The highest BCUT2D eigenvalue weighted by molar-refractivity contribution is 6.58. The second-order valence-corrected chi connectivity index (χ2v) is 5.42. The molecule has 0 aliphatic carbocycles. The normalized spacial score (nSPS) is 12.2. The van der Waals surface area contributed by atoms with Crippen molar-refractivity contribution in [2.24, 2.45) is 4.99 Å². The summed E-state index contributed by atoms with van der Waals surface area (Å²) in [5.41, 5.74) is 0.865. The van der Waals surface area contributed by atoms with Crippen LogP contribution < -0.4 is 5.32 Å². The van der Waals surface area contributed by atoms with Crippen LogP contribution in [-0.2, 0) is 4.74 Å². The maximum Gasteiger partial charge on any atom is 0.414 e. The fourth-order valence-electron chi connectivity index (χ4n) is 1.52. The first-order valence-corrected chi connectivity index (χ1v) is 6.21. The number of amides is 2. The lowest BCUT2D eigenvalue weighted by Gasteiger charge is -2.20. The zero-order valence-corrected chi connectivity index (χ0v) is 12.6. The molecule has 0 radical (unpaired) electrons. The molecule has 20 heavy (non-hydrogen) atoms. The van der Waals surface area contributed by atoms with E-state index in [1.54, 1.807) is 27.7 Å². The van der Waals surface area contributed by atoms with Crippen molar-refractivity contribution >= 4 is 25.7 Å². The number of aryl methyl sites for hydroxylation is 2. The molecule has 0 aliphatic rings.